The molecule has 4 nitrogen and oxygen atoms in total. The van der Waals surface area contributed by atoms with Crippen molar-refractivity contribution in [3.8, 4) is 0 Å². The first-order valence-corrected chi connectivity index (χ1v) is 7.34. The van der Waals surface area contributed by atoms with Gasteiger partial charge in [-0.05, 0) is 29.5 Å². The highest BCUT2D eigenvalue weighted by atomic mass is 79.9. The van der Waals surface area contributed by atoms with Crippen molar-refractivity contribution in [2.24, 2.45) is 5.41 Å². The van der Waals surface area contributed by atoms with Gasteiger partial charge in [0.2, 0.25) is 11.8 Å². The van der Waals surface area contributed by atoms with Crippen molar-refractivity contribution in [3.63, 3.8) is 0 Å². The zero-order valence-corrected chi connectivity index (χ0v) is 13.2. The third-order valence-corrected chi connectivity index (χ3v) is 4.34. The summed E-state index contributed by atoms with van der Waals surface area (Å²) in [7, 11) is 1.63. The number of methoxy groups -OCH3 is 1. The van der Waals surface area contributed by atoms with Crippen molar-refractivity contribution in [2.75, 3.05) is 13.7 Å². The lowest BCUT2D eigenvalue weighted by molar-refractivity contribution is -0.140. The molecule has 20 heavy (non-hydrogen) atoms. The van der Waals surface area contributed by atoms with Gasteiger partial charge in [-0.1, -0.05) is 35.0 Å². The average molecular weight is 340 g/mol. The minimum atomic E-state index is -0.420. The Labute approximate surface area is 127 Å². The normalized spacial score (nSPS) is 26.4. The molecule has 2 atom stereocenters. The molecule has 0 aromatic heterocycles. The standard InChI is InChI=1S/C15H18BrNO3/c1-15(6-7-20-2)9-12(18)17-14(19)13(15)10-4-3-5-11(16)8-10/h3-5,8,13H,6-7,9H2,1-2H3,(H,17,18,19). The largest absolute Gasteiger partial charge is 0.385 e. The van der Waals surface area contributed by atoms with Gasteiger partial charge in [0, 0.05) is 24.6 Å². The lowest BCUT2D eigenvalue weighted by atomic mass is 9.67. The first-order valence-electron chi connectivity index (χ1n) is 6.54. The summed E-state index contributed by atoms with van der Waals surface area (Å²) in [5.74, 6) is -0.773. The molecule has 0 saturated carbocycles. The first-order chi connectivity index (χ1) is 9.46. The van der Waals surface area contributed by atoms with E-state index in [0.717, 1.165) is 10.0 Å². The molecule has 1 N–H and O–H groups in total. The number of nitrogens with one attached hydrogen (secondary N) is 1. The highest BCUT2D eigenvalue weighted by Gasteiger charge is 2.45. The van der Waals surface area contributed by atoms with Crippen LogP contribution < -0.4 is 5.32 Å². The summed E-state index contributed by atoms with van der Waals surface area (Å²) in [5, 5.41) is 2.44. The van der Waals surface area contributed by atoms with Crippen molar-refractivity contribution >= 4 is 27.7 Å². The van der Waals surface area contributed by atoms with Crippen LogP contribution in [0.15, 0.2) is 28.7 Å². The average Bonchev–Trinajstić information content (AvgIpc) is 2.35. The van der Waals surface area contributed by atoms with E-state index in [2.05, 4.69) is 21.2 Å². The molecule has 1 aliphatic heterocycles. The molecule has 1 saturated heterocycles. The van der Waals surface area contributed by atoms with Gasteiger partial charge in [0.15, 0.2) is 0 Å². The molecule has 0 aliphatic carbocycles. The summed E-state index contributed by atoms with van der Waals surface area (Å²) in [5.41, 5.74) is 0.499. The Morgan fingerprint density at radius 3 is 2.85 bits per heavy atom. The maximum atomic E-state index is 12.3. The molecule has 0 spiro atoms. The van der Waals surface area contributed by atoms with E-state index in [1.165, 1.54) is 0 Å². The van der Waals surface area contributed by atoms with E-state index in [0.29, 0.717) is 19.4 Å². The predicted molar refractivity (Wildman–Crippen MR) is 79.2 cm³/mol. The minimum Gasteiger partial charge on any atom is -0.385 e. The Morgan fingerprint density at radius 1 is 1.45 bits per heavy atom. The van der Waals surface area contributed by atoms with Gasteiger partial charge in [0.1, 0.15) is 0 Å². The van der Waals surface area contributed by atoms with Crippen LogP contribution in [-0.2, 0) is 14.3 Å². The number of rotatable bonds is 4. The van der Waals surface area contributed by atoms with Crippen LogP contribution in [0.3, 0.4) is 0 Å². The van der Waals surface area contributed by atoms with Gasteiger partial charge >= 0.3 is 0 Å². The number of amides is 2. The predicted octanol–water partition coefficient (Wildman–Crippen LogP) is 2.62. The van der Waals surface area contributed by atoms with Crippen molar-refractivity contribution in [2.45, 2.75) is 25.7 Å². The van der Waals surface area contributed by atoms with Gasteiger partial charge < -0.3 is 4.74 Å². The number of carbonyl (C=O) groups excluding carboxylic acids is 2. The fourth-order valence-electron chi connectivity index (χ4n) is 2.85. The van der Waals surface area contributed by atoms with Crippen LogP contribution in [0.2, 0.25) is 0 Å². The molecular weight excluding hydrogens is 322 g/mol. The van der Waals surface area contributed by atoms with E-state index in [-0.39, 0.29) is 17.7 Å². The van der Waals surface area contributed by atoms with E-state index in [4.69, 9.17) is 4.74 Å². The first kappa shape index (κ1) is 15.2. The molecule has 1 aliphatic rings. The van der Waals surface area contributed by atoms with Crippen LogP contribution in [0.25, 0.3) is 0 Å². The summed E-state index contributed by atoms with van der Waals surface area (Å²) < 4.78 is 6.06. The summed E-state index contributed by atoms with van der Waals surface area (Å²) in [6.45, 7) is 2.51. The van der Waals surface area contributed by atoms with Gasteiger partial charge in [0.25, 0.3) is 0 Å². The highest BCUT2D eigenvalue weighted by molar-refractivity contribution is 9.10. The van der Waals surface area contributed by atoms with Crippen LogP contribution >= 0.6 is 15.9 Å². The molecule has 2 unspecified atom stereocenters. The van der Waals surface area contributed by atoms with Crippen LogP contribution in [0.4, 0.5) is 0 Å². The number of imide groups is 1. The Hall–Kier alpha value is -1.20. The molecule has 0 radical (unpaired) electrons. The van der Waals surface area contributed by atoms with E-state index in [9.17, 15) is 9.59 Å². The molecule has 1 aromatic carbocycles. The van der Waals surface area contributed by atoms with E-state index in [1.54, 1.807) is 7.11 Å². The maximum absolute atomic E-state index is 12.3. The van der Waals surface area contributed by atoms with Gasteiger partial charge in [0.05, 0.1) is 5.92 Å². The molecule has 2 rings (SSSR count). The number of ether oxygens (including phenoxy) is 1. The number of benzene rings is 1. The van der Waals surface area contributed by atoms with E-state index in [1.807, 2.05) is 31.2 Å². The van der Waals surface area contributed by atoms with Crippen molar-refractivity contribution in [3.05, 3.63) is 34.3 Å². The highest BCUT2D eigenvalue weighted by Crippen LogP contribution is 2.44. The lowest BCUT2D eigenvalue weighted by Crippen LogP contribution is -2.49. The van der Waals surface area contributed by atoms with Gasteiger partial charge in [-0.2, -0.15) is 0 Å². The number of halogens is 1. The van der Waals surface area contributed by atoms with Crippen LogP contribution in [0.1, 0.15) is 31.2 Å². The quantitative estimate of drug-likeness (QED) is 0.858. The second-order valence-corrected chi connectivity index (χ2v) is 6.39. The van der Waals surface area contributed by atoms with Crippen LogP contribution in [0.5, 0.6) is 0 Å². The van der Waals surface area contributed by atoms with Crippen LogP contribution in [-0.4, -0.2) is 25.5 Å². The summed E-state index contributed by atoms with van der Waals surface area (Å²) in [6, 6.07) is 7.68. The Bertz CT molecular complexity index is 532. The van der Waals surface area contributed by atoms with Crippen LogP contribution in [0, 0.1) is 5.41 Å². The number of carbonyl (C=O) groups is 2. The lowest BCUT2D eigenvalue weighted by Gasteiger charge is -2.40. The second kappa shape index (κ2) is 6.06. The molecule has 1 fully saturated rings. The van der Waals surface area contributed by atoms with E-state index < -0.39 is 5.41 Å². The number of piperidine rings is 1. The fourth-order valence-corrected chi connectivity index (χ4v) is 3.26. The summed E-state index contributed by atoms with van der Waals surface area (Å²) in [4.78, 5) is 24.0. The Balaban J connectivity index is 2.39. The molecule has 108 valence electrons. The van der Waals surface area contributed by atoms with Crippen molar-refractivity contribution in [1.29, 1.82) is 0 Å². The third kappa shape index (κ3) is 3.10. The number of hydrogen-bond acceptors (Lipinski definition) is 3. The topological polar surface area (TPSA) is 55.4 Å². The number of hydrogen-bond donors (Lipinski definition) is 1. The summed E-state index contributed by atoms with van der Waals surface area (Å²) >= 11 is 3.43. The molecule has 1 aromatic rings. The van der Waals surface area contributed by atoms with Crippen molar-refractivity contribution < 1.29 is 14.3 Å². The third-order valence-electron chi connectivity index (χ3n) is 3.85. The SMILES string of the molecule is COCCC1(C)CC(=O)NC(=O)C1c1cccc(Br)c1. The molecule has 2 amide bonds. The Kier molecular flexibility index (Phi) is 4.60. The van der Waals surface area contributed by atoms with Gasteiger partial charge in [-0.15, -0.1) is 0 Å². The molecule has 0 bridgehead atoms. The van der Waals surface area contributed by atoms with Gasteiger partial charge in [-0.25, -0.2) is 0 Å². The zero-order chi connectivity index (χ0) is 14.8. The molecule has 5 heteroatoms. The summed E-state index contributed by atoms with van der Waals surface area (Å²) in [6.07, 6.45) is 0.999. The van der Waals surface area contributed by atoms with Gasteiger partial charge in [-0.3, -0.25) is 14.9 Å². The fraction of sp³-hybridized carbons (Fsp3) is 0.467. The Morgan fingerprint density at radius 2 is 2.20 bits per heavy atom. The monoisotopic (exact) mass is 339 g/mol. The van der Waals surface area contributed by atoms with E-state index >= 15 is 0 Å². The minimum absolute atomic E-state index is 0.208. The van der Waals surface area contributed by atoms with Crippen molar-refractivity contribution in [1.82, 2.24) is 5.32 Å². The smallest absolute Gasteiger partial charge is 0.234 e. The zero-order valence-electron chi connectivity index (χ0n) is 11.6. The maximum Gasteiger partial charge on any atom is 0.234 e. The molecular formula is C15H18BrNO3. The molecule has 1 heterocycles. The second-order valence-electron chi connectivity index (χ2n) is 5.47.